The molecule has 2 heterocycles. The molecule has 1 saturated carbocycles. The van der Waals surface area contributed by atoms with Gasteiger partial charge in [-0.15, -0.1) is 0 Å². The number of H-pyrrole nitrogens is 1. The second kappa shape index (κ2) is 10.7. The maximum Gasteiger partial charge on any atom is 0.490 e. The molecule has 12 heteroatoms. The smallest absolute Gasteiger partial charge is 0.475 e. The van der Waals surface area contributed by atoms with E-state index in [-0.39, 0.29) is 6.10 Å². The lowest BCUT2D eigenvalue weighted by Gasteiger charge is -2.29. The second-order valence-corrected chi connectivity index (χ2v) is 7.78. The molecule has 0 aliphatic heterocycles. The van der Waals surface area contributed by atoms with Crippen molar-refractivity contribution in [1.82, 2.24) is 15.3 Å². The van der Waals surface area contributed by atoms with Crippen LogP contribution in [0.25, 0.3) is 11.1 Å². The number of nitrogens with zero attached hydrogens (tertiary/aromatic N) is 1. The third-order valence-electron chi connectivity index (χ3n) is 5.03. The van der Waals surface area contributed by atoms with E-state index in [0.29, 0.717) is 29.1 Å². The number of oxazole rings is 1. The van der Waals surface area contributed by atoms with Crippen LogP contribution in [-0.4, -0.2) is 39.4 Å². The fourth-order valence-electron chi connectivity index (χ4n) is 3.43. The molecule has 4 rings (SSSR count). The molecule has 0 amide bonds. The fourth-order valence-corrected chi connectivity index (χ4v) is 3.59. The number of carboxylic acid groups (broad SMARTS) is 1. The number of hydrogen-bond acceptors (Lipinski definition) is 6. The highest BCUT2D eigenvalue weighted by molar-refractivity contribution is 6.31. The summed E-state index contributed by atoms with van der Waals surface area (Å²) in [6.07, 6.45) is 0.687. The number of carboxylic acids is 1. The number of para-hydroxylation sites is 1. The summed E-state index contributed by atoms with van der Waals surface area (Å²) >= 11 is 6.11. The largest absolute Gasteiger partial charge is 0.490 e. The summed E-state index contributed by atoms with van der Waals surface area (Å²) < 4.78 is 42.9. The number of nitrogens with one attached hydrogen (secondary N) is 2. The summed E-state index contributed by atoms with van der Waals surface area (Å²) in [6, 6.07) is 9.74. The van der Waals surface area contributed by atoms with Crippen molar-refractivity contribution in [3.05, 3.63) is 57.7 Å². The van der Waals surface area contributed by atoms with Gasteiger partial charge in [-0.3, -0.25) is 4.98 Å². The highest BCUT2D eigenvalue weighted by Crippen LogP contribution is 2.27. The summed E-state index contributed by atoms with van der Waals surface area (Å²) in [5.74, 6) is -2.66. The van der Waals surface area contributed by atoms with E-state index in [4.69, 9.17) is 30.7 Å². The average Bonchev–Trinajstić information content (AvgIpc) is 3.15. The van der Waals surface area contributed by atoms with Crippen LogP contribution in [0.4, 0.5) is 13.2 Å². The Bertz CT molecular complexity index is 1140. The first-order chi connectivity index (χ1) is 15.6. The quantitative estimate of drug-likeness (QED) is 0.491. The molecule has 1 aromatic carbocycles. The van der Waals surface area contributed by atoms with Gasteiger partial charge < -0.3 is 19.6 Å². The molecule has 1 aliphatic carbocycles. The summed E-state index contributed by atoms with van der Waals surface area (Å²) in [5, 5.41) is 11.2. The summed E-state index contributed by atoms with van der Waals surface area (Å²) in [7, 11) is 0. The Morgan fingerprint density at radius 1 is 1.24 bits per heavy atom. The van der Waals surface area contributed by atoms with E-state index < -0.39 is 17.9 Å². The van der Waals surface area contributed by atoms with Crippen LogP contribution in [0.5, 0.6) is 5.88 Å². The van der Waals surface area contributed by atoms with Gasteiger partial charge >= 0.3 is 17.9 Å². The summed E-state index contributed by atoms with van der Waals surface area (Å²) in [5.41, 5.74) is 2.35. The normalized spacial score (nSPS) is 18.4. The van der Waals surface area contributed by atoms with Gasteiger partial charge in [-0.2, -0.15) is 13.2 Å². The van der Waals surface area contributed by atoms with Gasteiger partial charge in [0, 0.05) is 24.3 Å². The average molecular weight is 488 g/mol. The number of aliphatic carboxylic acids is 1. The Labute approximate surface area is 190 Å². The number of rotatable bonds is 5. The van der Waals surface area contributed by atoms with Crippen molar-refractivity contribution < 1.29 is 32.2 Å². The monoisotopic (exact) mass is 487 g/mol. The number of pyridine rings is 1. The van der Waals surface area contributed by atoms with E-state index in [1.807, 2.05) is 18.2 Å². The SMILES string of the molecule is O=C(O)C(F)(F)F.O=c1[nH]c2cccc(CNC3CCC(Oc4ncccc4Cl)CC3)c2o1. The number of alkyl halides is 3. The van der Waals surface area contributed by atoms with Gasteiger partial charge in [0.1, 0.15) is 11.1 Å². The van der Waals surface area contributed by atoms with Gasteiger partial charge in [-0.25, -0.2) is 14.6 Å². The van der Waals surface area contributed by atoms with Crippen LogP contribution in [0.2, 0.25) is 5.02 Å². The topological polar surface area (TPSA) is 117 Å². The van der Waals surface area contributed by atoms with E-state index in [0.717, 1.165) is 36.8 Å². The minimum absolute atomic E-state index is 0.145. The predicted molar refractivity (Wildman–Crippen MR) is 113 cm³/mol. The Morgan fingerprint density at radius 2 is 1.94 bits per heavy atom. The number of hydrogen-bond donors (Lipinski definition) is 3. The Morgan fingerprint density at radius 3 is 2.58 bits per heavy atom. The van der Waals surface area contributed by atoms with Crippen molar-refractivity contribution in [2.24, 2.45) is 0 Å². The molecule has 1 fully saturated rings. The third-order valence-corrected chi connectivity index (χ3v) is 5.32. The molecule has 8 nitrogen and oxygen atoms in total. The molecule has 0 atom stereocenters. The molecule has 3 N–H and O–H groups in total. The number of aromatic nitrogens is 2. The predicted octanol–water partition coefficient (Wildman–Crippen LogP) is 4.28. The standard InChI is InChI=1S/C19H20ClN3O3.C2HF3O2/c20-15-4-2-10-21-18(15)25-14-8-6-13(7-9-14)22-11-12-3-1-5-16-17(12)26-19(24)23-16;3-2(4,5)1(6)7/h1-5,10,13-14,22H,6-9,11H2,(H,23,24);(H,6,7). The van der Waals surface area contributed by atoms with Gasteiger partial charge in [0.15, 0.2) is 5.58 Å². The van der Waals surface area contributed by atoms with Gasteiger partial charge in [-0.05, 0) is 43.9 Å². The maximum absolute atomic E-state index is 11.4. The number of ether oxygens (including phenoxy) is 1. The van der Waals surface area contributed by atoms with Gasteiger partial charge in [0.25, 0.3) is 0 Å². The van der Waals surface area contributed by atoms with Crippen LogP contribution in [-0.2, 0) is 11.3 Å². The van der Waals surface area contributed by atoms with Gasteiger partial charge in [0.05, 0.1) is 5.52 Å². The van der Waals surface area contributed by atoms with Crippen LogP contribution in [0, 0.1) is 0 Å². The molecule has 2 aromatic heterocycles. The lowest BCUT2D eigenvalue weighted by Crippen LogP contribution is -2.36. The van der Waals surface area contributed by atoms with Crippen molar-refractivity contribution in [3.63, 3.8) is 0 Å². The Kier molecular flexibility index (Phi) is 7.98. The molecule has 178 valence electrons. The van der Waals surface area contributed by atoms with E-state index in [1.165, 1.54) is 0 Å². The number of halogens is 4. The van der Waals surface area contributed by atoms with E-state index in [9.17, 15) is 18.0 Å². The van der Waals surface area contributed by atoms with E-state index in [2.05, 4.69) is 15.3 Å². The third kappa shape index (κ3) is 6.96. The van der Waals surface area contributed by atoms with Crippen molar-refractivity contribution in [2.75, 3.05) is 0 Å². The lowest BCUT2D eigenvalue weighted by atomic mass is 9.93. The molecule has 0 unspecified atom stereocenters. The molecule has 0 radical (unpaired) electrons. The zero-order valence-corrected chi connectivity index (χ0v) is 17.9. The number of aromatic amines is 1. The van der Waals surface area contributed by atoms with E-state index in [1.54, 1.807) is 18.3 Å². The first kappa shape index (κ1) is 24.6. The number of fused-ring (bicyclic) bond motifs is 1. The molecule has 0 saturated heterocycles. The minimum Gasteiger partial charge on any atom is -0.475 e. The maximum atomic E-state index is 11.4. The fraction of sp³-hybridized carbons (Fsp3) is 0.381. The van der Waals surface area contributed by atoms with Crippen LogP contribution in [0.15, 0.2) is 45.7 Å². The first-order valence-electron chi connectivity index (χ1n) is 10.0. The highest BCUT2D eigenvalue weighted by Gasteiger charge is 2.38. The second-order valence-electron chi connectivity index (χ2n) is 7.37. The van der Waals surface area contributed by atoms with Crippen molar-refractivity contribution in [2.45, 2.75) is 50.6 Å². The van der Waals surface area contributed by atoms with Crippen molar-refractivity contribution in [3.8, 4) is 5.88 Å². The number of carbonyl (C=O) groups is 1. The van der Waals surface area contributed by atoms with Crippen LogP contribution in [0.3, 0.4) is 0 Å². The molecule has 1 aliphatic rings. The number of benzene rings is 1. The zero-order chi connectivity index (χ0) is 24.0. The molecule has 33 heavy (non-hydrogen) atoms. The zero-order valence-electron chi connectivity index (χ0n) is 17.2. The Balaban J connectivity index is 0.000000383. The van der Waals surface area contributed by atoms with Crippen LogP contribution in [0.1, 0.15) is 31.2 Å². The summed E-state index contributed by atoms with van der Waals surface area (Å²) in [6.45, 7) is 0.667. The molecule has 0 bridgehead atoms. The minimum atomic E-state index is -5.08. The van der Waals surface area contributed by atoms with Gasteiger partial charge in [0.2, 0.25) is 5.88 Å². The van der Waals surface area contributed by atoms with Crippen LogP contribution >= 0.6 is 11.6 Å². The lowest BCUT2D eigenvalue weighted by molar-refractivity contribution is -0.192. The summed E-state index contributed by atoms with van der Waals surface area (Å²) in [4.78, 5) is 27.2. The van der Waals surface area contributed by atoms with Crippen molar-refractivity contribution in [1.29, 1.82) is 0 Å². The molecule has 3 aromatic rings. The first-order valence-corrected chi connectivity index (χ1v) is 10.4. The van der Waals surface area contributed by atoms with Gasteiger partial charge in [-0.1, -0.05) is 23.7 Å². The van der Waals surface area contributed by atoms with E-state index >= 15 is 0 Å². The Hall–Kier alpha value is -3.05. The molecule has 0 spiro atoms. The van der Waals surface area contributed by atoms with Crippen LogP contribution < -0.4 is 15.8 Å². The molecular weight excluding hydrogens is 467 g/mol. The highest BCUT2D eigenvalue weighted by atomic mass is 35.5. The van der Waals surface area contributed by atoms with Crippen molar-refractivity contribution >= 4 is 28.7 Å². The molecular formula is C21H21ClF3N3O5.